The minimum atomic E-state index is 0.123. The zero-order valence-corrected chi connectivity index (χ0v) is 8.08. The van der Waals surface area contributed by atoms with E-state index in [1.165, 1.54) is 5.56 Å². The molecule has 0 amide bonds. The largest absolute Gasteiger partial charge is 0.295 e. The molecule has 0 unspecified atom stereocenters. The molecule has 1 aromatic rings. The van der Waals surface area contributed by atoms with Crippen LogP contribution in [0.25, 0.3) is 0 Å². The van der Waals surface area contributed by atoms with Gasteiger partial charge in [0, 0.05) is 5.56 Å². The first-order chi connectivity index (χ1) is 6.24. The molecule has 0 bridgehead atoms. The first-order valence-corrected chi connectivity index (χ1v) is 4.45. The van der Waals surface area contributed by atoms with Crippen LogP contribution in [0.5, 0.6) is 0 Å². The number of carbonyl (C=O) groups excluding carboxylic acids is 1. The molecule has 0 heterocycles. The van der Waals surface area contributed by atoms with Gasteiger partial charge < -0.3 is 0 Å². The number of allylic oxidation sites excluding steroid dienone is 2. The van der Waals surface area contributed by atoms with Gasteiger partial charge in [0.15, 0.2) is 5.78 Å². The third kappa shape index (κ3) is 2.86. The van der Waals surface area contributed by atoms with Crippen molar-refractivity contribution in [2.24, 2.45) is 0 Å². The van der Waals surface area contributed by atoms with Crippen molar-refractivity contribution in [3.05, 3.63) is 47.5 Å². The lowest BCUT2D eigenvalue weighted by Crippen LogP contribution is -1.91. The highest BCUT2D eigenvalue weighted by atomic mass is 16.1. The maximum absolute atomic E-state index is 11.0. The van der Waals surface area contributed by atoms with Crippen LogP contribution in [0.3, 0.4) is 0 Å². The van der Waals surface area contributed by atoms with Crippen LogP contribution in [-0.4, -0.2) is 5.78 Å². The lowest BCUT2D eigenvalue weighted by molar-refractivity contribution is 0.101. The van der Waals surface area contributed by atoms with Gasteiger partial charge in [-0.3, -0.25) is 4.79 Å². The zero-order valence-electron chi connectivity index (χ0n) is 8.08. The average Bonchev–Trinajstić information content (AvgIpc) is 2.15. The van der Waals surface area contributed by atoms with E-state index in [4.69, 9.17) is 0 Å². The molecule has 68 valence electrons. The molecule has 0 N–H and O–H groups in total. The second-order valence-corrected chi connectivity index (χ2v) is 3.03. The summed E-state index contributed by atoms with van der Waals surface area (Å²) in [5.41, 5.74) is 2.02. The van der Waals surface area contributed by atoms with Gasteiger partial charge in [-0.05, 0) is 25.8 Å². The van der Waals surface area contributed by atoms with E-state index in [9.17, 15) is 4.79 Å². The minimum Gasteiger partial charge on any atom is -0.295 e. The molecule has 0 radical (unpaired) electrons. The van der Waals surface area contributed by atoms with Crippen LogP contribution in [0, 0.1) is 0 Å². The van der Waals surface area contributed by atoms with Crippen LogP contribution in [0.4, 0.5) is 0 Å². The smallest absolute Gasteiger partial charge is 0.159 e. The molecule has 1 heteroatoms. The molecule has 13 heavy (non-hydrogen) atoms. The number of hydrogen-bond acceptors (Lipinski definition) is 1. The molecular weight excluding hydrogens is 160 g/mol. The standard InChI is InChI=1S/C12H14O/c1-3-4-5-11-6-8-12(9-7-11)10(2)13/h3-4,6-9H,5H2,1-2H3/b4-3+. The Morgan fingerprint density at radius 3 is 2.38 bits per heavy atom. The van der Waals surface area contributed by atoms with Crippen molar-refractivity contribution in [2.75, 3.05) is 0 Å². The first-order valence-electron chi connectivity index (χ1n) is 4.45. The summed E-state index contributed by atoms with van der Waals surface area (Å²) in [5.74, 6) is 0.123. The summed E-state index contributed by atoms with van der Waals surface area (Å²) in [6.45, 7) is 3.59. The van der Waals surface area contributed by atoms with E-state index in [-0.39, 0.29) is 5.78 Å². The molecule has 0 aromatic heterocycles. The zero-order chi connectivity index (χ0) is 9.68. The van der Waals surface area contributed by atoms with Gasteiger partial charge in [-0.1, -0.05) is 36.4 Å². The lowest BCUT2D eigenvalue weighted by atomic mass is 10.1. The Labute approximate surface area is 79.1 Å². The minimum absolute atomic E-state index is 0.123. The molecule has 0 saturated carbocycles. The Morgan fingerprint density at radius 1 is 1.31 bits per heavy atom. The van der Waals surface area contributed by atoms with E-state index in [0.717, 1.165) is 12.0 Å². The Hall–Kier alpha value is -1.37. The maximum Gasteiger partial charge on any atom is 0.159 e. The average molecular weight is 174 g/mol. The Morgan fingerprint density at radius 2 is 1.92 bits per heavy atom. The Bertz CT molecular complexity index is 306. The predicted octanol–water partition coefficient (Wildman–Crippen LogP) is 3.01. The van der Waals surface area contributed by atoms with Gasteiger partial charge >= 0.3 is 0 Å². The summed E-state index contributed by atoms with van der Waals surface area (Å²) in [6, 6.07) is 7.75. The van der Waals surface area contributed by atoms with E-state index in [1.54, 1.807) is 6.92 Å². The fraction of sp³-hybridized carbons (Fsp3) is 0.250. The van der Waals surface area contributed by atoms with E-state index in [0.29, 0.717) is 0 Å². The number of ketones is 1. The number of rotatable bonds is 3. The van der Waals surface area contributed by atoms with Crippen LogP contribution in [0.1, 0.15) is 29.8 Å². The molecule has 0 saturated heterocycles. The molecule has 0 atom stereocenters. The molecule has 0 spiro atoms. The molecule has 0 aliphatic heterocycles. The van der Waals surface area contributed by atoms with Crippen molar-refractivity contribution in [1.29, 1.82) is 0 Å². The number of hydrogen-bond donors (Lipinski definition) is 0. The highest BCUT2D eigenvalue weighted by Crippen LogP contribution is 2.06. The second kappa shape index (κ2) is 4.61. The van der Waals surface area contributed by atoms with E-state index >= 15 is 0 Å². The summed E-state index contributed by atoms with van der Waals surface area (Å²) in [6.07, 6.45) is 5.07. The Balaban J connectivity index is 2.75. The summed E-state index contributed by atoms with van der Waals surface area (Å²) in [7, 11) is 0. The fourth-order valence-corrected chi connectivity index (χ4v) is 1.13. The quantitative estimate of drug-likeness (QED) is 0.508. The van der Waals surface area contributed by atoms with Crippen LogP contribution in [0.15, 0.2) is 36.4 Å². The topological polar surface area (TPSA) is 17.1 Å². The van der Waals surface area contributed by atoms with Gasteiger partial charge in [-0.25, -0.2) is 0 Å². The van der Waals surface area contributed by atoms with Crippen molar-refractivity contribution >= 4 is 5.78 Å². The van der Waals surface area contributed by atoms with E-state index < -0.39 is 0 Å². The monoisotopic (exact) mass is 174 g/mol. The number of benzene rings is 1. The van der Waals surface area contributed by atoms with Gasteiger partial charge in [0.2, 0.25) is 0 Å². The summed E-state index contributed by atoms with van der Waals surface area (Å²) >= 11 is 0. The van der Waals surface area contributed by atoms with Crippen molar-refractivity contribution in [3.63, 3.8) is 0 Å². The first kappa shape index (κ1) is 9.72. The highest BCUT2D eigenvalue weighted by molar-refractivity contribution is 5.93. The van der Waals surface area contributed by atoms with Gasteiger partial charge in [-0.15, -0.1) is 0 Å². The van der Waals surface area contributed by atoms with E-state index in [2.05, 4.69) is 6.08 Å². The van der Waals surface area contributed by atoms with Gasteiger partial charge in [0.1, 0.15) is 0 Å². The summed E-state index contributed by atoms with van der Waals surface area (Å²) in [5, 5.41) is 0. The molecule has 1 rings (SSSR count). The molecule has 1 aromatic carbocycles. The SMILES string of the molecule is C/C=C/Cc1ccc(C(C)=O)cc1. The molecule has 1 nitrogen and oxygen atoms in total. The van der Waals surface area contributed by atoms with Crippen LogP contribution in [-0.2, 0) is 6.42 Å². The number of Topliss-reactive ketones (excluding diaryl/α,β-unsaturated/α-hetero) is 1. The highest BCUT2D eigenvalue weighted by Gasteiger charge is 1.97. The van der Waals surface area contributed by atoms with Gasteiger partial charge in [-0.2, -0.15) is 0 Å². The summed E-state index contributed by atoms with van der Waals surface area (Å²) < 4.78 is 0. The fourth-order valence-electron chi connectivity index (χ4n) is 1.13. The van der Waals surface area contributed by atoms with Gasteiger partial charge in [0.05, 0.1) is 0 Å². The molecular formula is C12H14O. The normalized spacial score (nSPS) is 10.6. The van der Waals surface area contributed by atoms with E-state index in [1.807, 2.05) is 37.3 Å². The predicted molar refractivity (Wildman–Crippen MR) is 55.0 cm³/mol. The third-order valence-corrected chi connectivity index (χ3v) is 1.95. The van der Waals surface area contributed by atoms with Crippen molar-refractivity contribution in [2.45, 2.75) is 20.3 Å². The van der Waals surface area contributed by atoms with Gasteiger partial charge in [0.25, 0.3) is 0 Å². The van der Waals surface area contributed by atoms with Crippen LogP contribution < -0.4 is 0 Å². The summed E-state index contributed by atoms with van der Waals surface area (Å²) in [4.78, 5) is 11.0. The second-order valence-electron chi connectivity index (χ2n) is 3.03. The molecule has 0 aliphatic rings. The van der Waals surface area contributed by atoms with Crippen LogP contribution >= 0.6 is 0 Å². The maximum atomic E-state index is 11.0. The van der Waals surface area contributed by atoms with Crippen molar-refractivity contribution in [3.8, 4) is 0 Å². The molecule has 0 aliphatic carbocycles. The van der Waals surface area contributed by atoms with Crippen molar-refractivity contribution in [1.82, 2.24) is 0 Å². The number of carbonyl (C=O) groups is 1. The van der Waals surface area contributed by atoms with Crippen LogP contribution in [0.2, 0.25) is 0 Å². The lowest BCUT2D eigenvalue weighted by Gasteiger charge is -1.98. The Kier molecular flexibility index (Phi) is 3.44. The van der Waals surface area contributed by atoms with Crippen molar-refractivity contribution < 1.29 is 4.79 Å². The third-order valence-electron chi connectivity index (χ3n) is 1.95. The molecule has 0 fully saturated rings.